The maximum Gasteiger partial charge on any atom is 0.242 e. The minimum absolute atomic E-state index is 0. The molecule has 0 spiro atoms. The van der Waals surface area contributed by atoms with Gasteiger partial charge in [0.25, 0.3) is 0 Å². The summed E-state index contributed by atoms with van der Waals surface area (Å²) in [5.74, 6) is 0.702. The summed E-state index contributed by atoms with van der Waals surface area (Å²) in [4.78, 5) is 11.2. The summed E-state index contributed by atoms with van der Waals surface area (Å²) in [6, 6.07) is 3.13. The Balaban J connectivity index is 0.00000420. The first kappa shape index (κ1) is 26.1. The molecule has 0 saturated carbocycles. The molecule has 1 aromatic rings. The van der Waals surface area contributed by atoms with E-state index < -0.39 is 10.0 Å². The fourth-order valence-electron chi connectivity index (χ4n) is 3.17. The van der Waals surface area contributed by atoms with Gasteiger partial charge in [-0.25, -0.2) is 13.1 Å². The van der Waals surface area contributed by atoms with Crippen molar-refractivity contribution in [2.75, 3.05) is 39.3 Å². The molecule has 0 unspecified atom stereocenters. The van der Waals surface area contributed by atoms with Crippen LogP contribution in [-0.4, -0.2) is 69.1 Å². The molecule has 0 bridgehead atoms. The highest BCUT2D eigenvalue weighted by molar-refractivity contribution is 14.0. The topological polar surface area (TPSA) is 98.7 Å². The minimum atomic E-state index is -3.54. The molecule has 1 aromatic heterocycles. The van der Waals surface area contributed by atoms with Crippen molar-refractivity contribution >= 4 is 40.0 Å². The third-order valence-corrected chi connectivity index (χ3v) is 6.28. The fraction of sp³-hybridized carbons (Fsp3) is 0.684. The monoisotopic (exact) mass is 538 g/mol. The molecule has 2 rings (SSSR count). The van der Waals surface area contributed by atoms with E-state index in [0.29, 0.717) is 19.0 Å². The number of hydrogen-bond acceptors (Lipinski definition) is 5. The molecule has 3 N–H and O–H groups in total. The van der Waals surface area contributed by atoms with E-state index in [9.17, 15) is 8.42 Å². The Morgan fingerprint density at radius 2 is 1.93 bits per heavy atom. The first-order chi connectivity index (χ1) is 13.3. The zero-order valence-electron chi connectivity index (χ0n) is 17.6. The van der Waals surface area contributed by atoms with Crippen LogP contribution in [0, 0.1) is 0 Å². The number of rotatable bonds is 9. The molecule has 1 aliphatic rings. The molecule has 0 amide bonds. The zero-order valence-corrected chi connectivity index (χ0v) is 20.8. The quantitative estimate of drug-likeness (QED) is 0.192. The van der Waals surface area contributed by atoms with Crippen molar-refractivity contribution in [2.45, 2.75) is 50.5 Å². The Labute approximate surface area is 192 Å². The molecule has 2 heterocycles. The van der Waals surface area contributed by atoms with Crippen LogP contribution in [0.15, 0.2) is 34.4 Å². The second-order valence-electron chi connectivity index (χ2n) is 7.57. The number of nitrogens with one attached hydrogen (secondary N) is 3. The summed E-state index contributed by atoms with van der Waals surface area (Å²) < 4.78 is 27.0. The molecule has 0 atom stereocenters. The number of aliphatic imine (C=N–C) groups is 1. The molecule has 8 nitrogen and oxygen atoms in total. The van der Waals surface area contributed by atoms with Gasteiger partial charge in [0.15, 0.2) is 5.96 Å². The lowest BCUT2D eigenvalue weighted by Crippen LogP contribution is -2.50. The second-order valence-corrected chi connectivity index (χ2v) is 9.34. The summed E-state index contributed by atoms with van der Waals surface area (Å²) in [6.07, 6.45) is 6.70. The predicted octanol–water partition coefficient (Wildman–Crippen LogP) is 1.80. The van der Waals surface area contributed by atoms with Crippen LogP contribution >= 0.6 is 24.0 Å². The maximum atomic E-state index is 12.2. The van der Waals surface area contributed by atoms with Gasteiger partial charge < -0.3 is 10.6 Å². The average molecular weight is 538 g/mol. The minimum Gasteiger partial charge on any atom is -0.357 e. The second kappa shape index (κ2) is 12.7. The summed E-state index contributed by atoms with van der Waals surface area (Å²) in [5, 5.41) is 6.42. The van der Waals surface area contributed by atoms with Gasteiger partial charge in [-0.2, -0.15) is 0 Å². The Morgan fingerprint density at radius 3 is 2.55 bits per heavy atom. The van der Waals surface area contributed by atoms with Crippen LogP contribution in [0.4, 0.5) is 0 Å². The number of likely N-dealkylation sites (tertiary alicyclic amines) is 1. The number of nitrogens with zero attached hydrogens (tertiary/aromatic N) is 3. The van der Waals surface area contributed by atoms with E-state index in [1.54, 1.807) is 12.3 Å². The van der Waals surface area contributed by atoms with Gasteiger partial charge in [0.2, 0.25) is 10.0 Å². The largest absolute Gasteiger partial charge is 0.357 e. The number of hydrogen-bond donors (Lipinski definition) is 3. The molecule has 166 valence electrons. The van der Waals surface area contributed by atoms with Gasteiger partial charge in [0.1, 0.15) is 4.90 Å². The number of pyridine rings is 1. The zero-order chi connectivity index (χ0) is 20.5. The van der Waals surface area contributed by atoms with Crippen molar-refractivity contribution in [1.82, 2.24) is 25.2 Å². The van der Waals surface area contributed by atoms with E-state index in [2.05, 4.69) is 39.1 Å². The highest BCUT2D eigenvalue weighted by Gasteiger charge is 2.27. The Hall–Kier alpha value is -0.980. The molecule has 10 heteroatoms. The number of piperidine rings is 1. The van der Waals surface area contributed by atoms with Crippen molar-refractivity contribution in [1.29, 1.82) is 0 Å². The third-order valence-electron chi connectivity index (χ3n) is 4.83. The van der Waals surface area contributed by atoms with E-state index >= 15 is 0 Å². The fourth-order valence-corrected chi connectivity index (χ4v) is 4.16. The SMILES string of the molecule is CCNC(=NCC(C)(C)N1CCCCC1)NCCNS(=O)(=O)c1cccnc1.I. The normalized spacial score (nSPS) is 16.2. The van der Waals surface area contributed by atoms with Crippen LogP contribution in [0.2, 0.25) is 0 Å². The molecule has 29 heavy (non-hydrogen) atoms. The Bertz CT molecular complexity index is 721. The van der Waals surface area contributed by atoms with E-state index in [1.807, 2.05) is 6.92 Å². The van der Waals surface area contributed by atoms with E-state index in [1.165, 1.54) is 31.5 Å². The molecule has 0 radical (unpaired) electrons. The van der Waals surface area contributed by atoms with Crippen LogP contribution in [0.3, 0.4) is 0 Å². The smallest absolute Gasteiger partial charge is 0.242 e. The standard InChI is InChI=1S/C19H34N6O2S.HI/c1-4-21-18(23-16-19(2,3)25-13-6-5-7-14-25)22-11-12-24-28(26,27)17-9-8-10-20-15-17;/h8-10,15,24H,4-7,11-14,16H2,1-3H3,(H2,21,22,23);1H. The Kier molecular flexibility index (Phi) is 11.4. The van der Waals surface area contributed by atoms with Crippen LogP contribution in [-0.2, 0) is 10.0 Å². The van der Waals surface area contributed by atoms with Crippen molar-refractivity contribution in [3.05, 3.63) is 24.5 Å². The number of guanidine groups is 1. The molecule has 0 aromatic carbocycles. The summed E-state index contributed by atoms with van der Waals surface area (Å²) >= 11 is 0. The summed E-state index contributed by atoms with van der Waals surface area (Å²) in [6.45, 7) is 10.9. The van der Waals surface area contributed by atoms with Gasteiger partial charge in [-0.15, -0.1) is 24.0 Å². The highest BCUT2D eigenvalue weighted by Crippen LogP contribution is 2.20. The molecule has 1 aliphatic heterocycles. The van der Waals surface area contributed by atoms with E-state index in [0.717, 1.165) is 19.6 Å². The summed E-state index contributed by atoms with van der Waals surface area (Å²) in [5.41, 5.74) is 0.00463. The predicted molar refractivity (Wildman–Crippen MR) is 128 cm³/mol. The summed E-state index contributed by atoms with van der Waals surface area (Å²) in [7, 11) is -3.54. The van der Waals surface area contributed by atoms with E-state index in [-0.39, 0.29) is 41.0 Å². The lowest BCUT2D eigenvalue weighted by Gasteiger charge is -2.40. The Morgan fingerprint density at radius 1 is 1.21 bits per heavy atom. The highest BCUT2D eigenvalue weighted by atomic mass is 127. The van der Waals surface area contributed by atoms with E-state index in [4.69, 9.17) is 4.99 Å². The van der Waals surface area contributed by atoms with Gasteiger partial charge in [-0.1, -0.05) is 6.42 Å². The first-order valence-corrected chi connectivity index (χ1v) is 11.5. The molecular formula is C19H35IN6O2S. The molecular weight excluding hydrogens is 503 g/mol. The van der Waals surface area contributed by atoms with Gasteiger partial charge in [-0.05, 0) is 58.8 Å². The van der Waals surface area contributed by atoms with Crippen LogP contribution in [0.25, 0.3) is 0 Å². The lowest BCUT2D eigenvalue weighted by atomic mass is 9.99. The first-order valence-electron chi connectivity index (χ1n) is 10.0. The van der Waals surface area contributed by atoms with Gasteiger partial charge in [0.05, 0.1) is 6.54 Å². The van der Waals surface area contributed by atoms with Crippen molar-refractivity contribution < 1.29 is 8.42 Å². The number of sulfonamides is 1. The maximum absolute atomic E-state index is 12.2. The van der Waals surface area contributed by atoms with Gasteiger partial charge >= 0.3 is 0 Å². The van der Waals surface area contributed by atoms with Gasteiger partial charge in [0, 0.05) is 37.6 Å². The third kappa shape index (κ3) is 8.73. The van der Waals surface area contributed by atoms with Crippen molar-refractivity contribution in [3.8, 4) is 0 Å². The van der Waals surface area contributed by atoms with Crippen molar-refractivity contribution in [3.63, 3.8) is 0 Å². The molecule has 0 aliphatic carbocycles. The average Bonchev–Trinajstić information content (AvgIpc) is 2.70. The number of aromatic nitrogens is 1. The van der Waals surface area contributed by atoms with Crippen molar-refractivity contribution in [2.24, 2.45) is 4.99 Å². The van der Waals surface area contributed by atoms with Gasteiger partial charge in [-0.3, -0.25) is 14.9 Å². The number of halogens is 1. The molecule has 1 fully saturated rings. The lowest BCUT2D eigenvalue weighted by molar-refractivity contribution is 0.102. The van der Waals surface area contributed by atoms with Crippen LogP contribution < -0.4 is 15.4 Å². The van der Waals surface area contributed by atoms with Crippen LogP contribution in [0.5, 0.6) is 0 Å². The molecule has 1 saturated heterocycles. The van der Waals surface area contributed by atoms with Crippen LogP contribution in [0.1, 0.15) is 40.0 Å².